The van der Waals surface area contributed by atoms with E-state index in [4.69, 9.17) is 12.6 Å². The van der Waals surface area contributed by atoms with Gasteiger partial charge in [-0.25, -0.2) is 4.79 Å². The number of hydrogen-bond donors (Lipinski definition) is 1. The molecule has 5 heteroatoms. The van der Waals surface area contributed by atoms with E-state index in [0.29, 0.717) is 17.9 Å². The van der Waals surface area contributed by atoms with Crippen molar-refractivity contribution in [2.75, 3.05) is 5.75 Å². The standard InChI is InChI=1S/C8H11N2O2S/c1-6-5-10(3-2-4-13)8(12)9-7(6)11/h5H,2-4H2,1H3,(H,9,11,12). The number of aromatic nitrogens is 2. The van der Waals surface area contributed by atoms with Crippen LogP contribution in [0.15, 0.2) is 15.8 Å². The van der Waals surface area contributed by atoms with Crippen LogP contribution in [0.2, 0.25) is 0 Å². The van der Waals surface area contributed by atoms with Gasteiger partial charge < -0.3 is 4.57 Å². The second kappa shape index (κ2) is 4.32. The third-order valence-electron chi connectivity index (χ3n) is 1.73. The highest BCUT2D eigenvalue weighted by Crippen LogP contribution is 1.89. The van der Waals surface area contributed by atoms with Gasteiger partial charge in [0.25, 0.3) is 5.56 Å². The van der Waals surface area contributed by atoms with Gasteiger partial charge in [0.2, 0.25) is 0 Å². The maximum atomic E-state index is 11.2. The maximum absolute atomic E-state index is 11.2. The summed E-state index contributed by atoms with van der Waals surface area (Å²) in [7, 11) is 0. The zero-order chi connectivity index (χ0) is 9.84. The third-order valence-corrected chi connectivity index (χ3v) is 2.02. The van der Waals surface area contributed by atoms with Gasteiger partial charge in [0.1, 0.15) is 0 Å². The van der Waals surface area contributed by atoms with Gasteiger partial charge in [-0.05, 0) is 13.3 Å². The minimum atomic E-state index is -0.362. The van der Waals surface area contributed by atoms with E-state index in [0.717, 1.165) is 6.42 Å². The van der Waals surface area contributed by atoms with Crippen LogP contribution in [0.25, 0.3) is 0 Å². The summed E-state index contributed by atoms with van der Waals surface area (Å²) in [5.41, 5.74) is -0.136. The summed E-state index contributed by atoms with van der Waals surface area (Å²) >= 11 is 4.77. The van der Waals surface area contributed by atoms with Crippen molar-refractivity contribution in [2.45, 2.75) is 19.9 Å². The Morgan fingerprint density at radius 3 is 2.85 bits per heavy atom. The fourth-order valence-corrected chi connectivity index (χ4v) is 1.15. The Morgan fingerprint density at radius 1 is 1.54 bits per heavy atom. The van der Waals surface area contributed by atoms with Crippen LogP contribution in [0.1, 0.15) is 12.0 Å². The molecule has 4 nitrogen and oxygen atoms in total. The van der Waals surface area contributed by atoms with Gasteiger partial charge in [-0.15, -0.1) is 0 Å². The lowest BCUT2D eigenvalue weighted by atomic mass is 10.4. The molecule has 1 aromatic rings. The van der Waals surface area contributed by atoms with E-state index in [-0.39, 0.29) is 11.2 Å². The zero-order valence-corrected chi connectivity index (χ0v) is 8.19. The number of aryl methyl sites for hydroxylation is 2. The minimum absolute atomic E-state index is 0.320. The fourth-order valence-electron chi connectivity index (χ4n) is 1.02. The summed E-state index contributed by atoms with van der Waals surface area (Å²) in [5.74, 6) is 0.616. The Labute approximate surface area is 81.0 Å². The first kappa shape index (κ1) is 10.1. The summed E-state index contributed by atoms with van der Waals surface area (Å²) in [6, 6.07) is 0. The lowest BCUT2D eigenvalue weighted by Gasteiger charge is -2.03. The Kier molecular flexibility index (Phi) is 3.36. The molecule has 0 saturated heterocycles. The Hall–Kier alpha value is -0.970. The molecule has 0 aliphatic heterocycles. The largest absolute Gasteiger partial charge is 0.328 e. The molecule has 0 unspecified atom stereocenters. The van der Waals surface area contributed by atoms with Crippen LogP contribution in [0.5, 0.6) is 0 Å². The molecule has 1 rings (SSSR count). The van der Waals surface area contributed by atoms with Gasteiger partial charge in [0, 0.05) is 24.1 Å². The van der Waals surface area contributed by atoms with Crippen LogP contribution in [0.4, 0.5) is 0 Å². The highest BCUT2D eigenvalue weighted by molar-refractivity contribution is 7.80. The molecular weight excluding hydrogens is 188 g/mol. The van der Waals surface area contributed by atoms with Gasteiger partial charge in [-0.1, -0.05) is 12.6 Å². The number of hydrogen-bond acceptors (Lipinski definition) is 2. The number of rotatable bonds is 3. The molecule has 13 heavy (non-hydrogen) atoms. The quantitative estimate of drug-likeness (QED) is 0.767. The van der Waals surface area contributed by atoms with Crippen molar-refractivity contribution in [1.82, 2.24) is 9.55 Å². The number of nitrogens with one attached hydrogen (secondary N) is 1. The van der Waals surface area contributed by atoms with Gasteiger partial charge >= 0.3 is 5.69 Å². The molecule has 1 N–H and O–H groups in total. The molecule has 0 atom stereocenters. The molecule has 71 valence electrons. The smallest absolute Gasteiger partial charge is 0.300 e. The topological polar surface area (TPSA) is 54.9 Å². The van der Waals surface area contributed by atoms with E-state index < -0.39 is 0 Å². The molecular formula is C8H11N2O2S. The number of aromatic amines is 1. The summed E-state index contributed by atoms with van der Waals surface area (Å²) in [6.45, 7) is 2.24. The molecule has 0 aliphatic carbocycles. The predicted molar refractivity (Wildman–Crippen MR) is 53.1 cm³/mol. The average Bonchev–Trinajstić information content (AvgIpc) is 2.09. The normalized spacial score (nSPS) is 10.3. The van der Waals surface area contributed by atoms with Gasteiger partial charge in [0.05, 0.1) is 0 Å². The van der Waals surface area contributed by atoms with Crippen LogP contribution >= 0.6 is 12.6 Å². The second-order valence-corrected chi connectivity index (χ2v) is 3.23. The van der Waals surface area contributed by atoms with Crippen LogP contribution in [0.3, 0.4) is 0 Å². The van der Waals surface area contributed by atoms with Crippen LogP contribution in [-0.2, 0) is 6.54 Å². The molecule has 0 aromatic carbocycles. The molecule has 1 aromatic heterocycles. The van der Waals surface area contributed by atoms with E-state index in [1.54, 1.807) is 13.1 Å². The van der Waals surface area contributed by atoms with E-state index in [9.17, 15) is 9.59 Å². The van der Waals surface area contributed by atoms with Crippen molar-refractivity contribution < 1.29 is 0 Å². The van der Waals surface area contributed by atoms with Crippen molar-refractivity contribution in [3.63, 3.8) is 0 Å². The summed E-state index contributed by atoms with van der Waals surface area (Å²) in [4.78, 5) is 24.4. The molecule has 1 heterocycles. The lowest BCUT2D eigenvalue weighted by Crippen LogP contribution is -2.30. The average molecular weight is 199 g/mol. The molecule has 0 spiro atoms. The van der Waals surface area contributed by atoms with Crippen LogP contribution < -0.4 is 11.2 Å². The first-order valence-electron chi connectivity index (χ1n) is 4.03. The first-order chi connectivity index (χ1) is 6.15. The van der Waals surface area contributed by atoms with Crippen molar-refractivity contribution in [1.29, 1.82) is 0 Å². The Balaban J connectivity index is 3.02. The van der Waals surface area contributed by atoms with E-state index in [1.165, 1.54) is 4.57 Å². The van der Waals surface area contributed by atoms with E-state index in [1.807, 2.05) is 0 Å². The van der Waals surface area contributed by atoms with Crippen molar-refractivity contribution in [2.24, 2.45) is 0 Å². The summed E-state index contributed by atoms with van der Waals surface area (Å²) < 4.78 is 1.48. The Morgan fingerprint density at radius 2 is 2.23 bits per heavy atom. The van der Waals surface area contributed by atoms with Gasteiger partial charge in [-0.3, -0.25) is 9.78 Å². The summed E-state index contributed by atoms with van der Waals surface area (Å²) in [5, 5.41) is 0. The molecule has 0 aliphatic rings. The minimum Gasteiger partial charge on any atom is -0.300 e. The molecule has 0 amide bonds. The predicted octanol–water partition coefficient (Wildman–Crippen LogP) is 0.433. The van der Waals surface area contributed by atoms with Crippen LogP contribution in [0, 0.1) is 6.92 Å². The maximum Gasteiger partial charge on any atom is 0.328 e. The first-order valence-corrected chi connectivity index (χ1v) is 4.61. The number of nitrogens with zero attached hydrogens (tertiary/aromatic N) is 1. The monoisotopic (exact) mass is 199 g/mol. The van der Waals surface area contributed by atoms with E-state index in [2.05, 4.69) is 4.98 Å². The van der Waals surface area contributed by atoms with E-state index >= 15 is 0 Å². The lowest BCUT2D eigenvalue weighted by molar-refractivity contribution is 0.632. The van der Waals surface area contributed by atoms with Crippen molar-refractivity contribution >= 4 is 12.6 Å². The zero-order valence-electron chi connectivity index (χ0n) is 7.37. The number of H-pyrrole nitrogens is 1. The molecule has 0 fully saturated rings. The molecule has 0 saturated carbocycles. The summed E-state index contributed by atoms with van der Waals surface area (Å²) in [6.07, 6.45) is 2.33. The highest BCUT2D eigenvalue weighted by atomic mass is 32.1. The fraction of sp³-hybridized carbons (Fsp3) is 0.500. The highest BCUT2D eigenvalue weighted by Gasteiger charge is 1.99. The van der Waals surface area contributed by atoms with Crippen LogP contribution in [-0.4, -0.2) is 15.3 Å². The van der Waals surface area contributed by atoms with Gasteiger partial charge in [-0.2, -0.15) is 0 Å². The molecule has 0 bridgehead atoms. The third kappa shape index (κ3) is 2.48. The van der Waals surface area contributed by atoms with Crippen molar-refractivity contribution in [3.05, 3.63) is 32.6 Å². The Bertz CT molecular complexity index is 394. The molecule has 1 radical (unpaired) electrons. The van der Waals surface area contributed by atoms with Gasteiger partial charge in [0.15, 0.2) is 0 Å². The second-order valence-electron chi connectivity index (χ2n) is 2.82. The SMILES string of the molecule is Cc1cn(CCC[S])c(=O)[nH]c1=O. The van der Waals surface area contributed by atoms with Crippen molar-refractivity contribution in [3.8, 4) is 0 Å².